The minimum absolute atomic E-state index is 0.0246. The fourth-order valence-corrected chi connectivity index (χ4v) is 4.73. The number of rotatable bonds is 8. The Kier molecular flexibility index (Phi) is 9.28. The molecular weight excluding hydrogens is 537 g/mol. The average molecular weight is 566 g/mol. The summed E-state index contributed by atoms with van der Waals surface area (Å²) < 4.78 is 5.53. The van der Waals surface area contributed by atoms with Crippen molar-refractivity contribution in [2.24, 2.45) is 5.92 Å². The summed E-state index contributed by atoms with van der Waals surface area (Å²) in [6, 6.07) is 19.1. The topological polar surface area (TPSA) is 96.5 Å². The number of ether oxygens (including phenoxy) is 1. The van der Waals surface area contributed by atoms with Crippen molar-refractivity contribution >= 4 is 57.9 Å². The van der Waals surface area contributed by atoms with Gasteiger partial charge >= 0.3 is 5.97 Å². The van der Waals surface area contributed by atoms with Crippen LogP contribution in [0.25, 0.3) is 5.57 Å². The predicted molar refractivity (Wildman–Crippen MR) is 154 cm³/mol. The van der Waals surface area contributed by atoms with Crippen LogP contribution in [-0.2, 0) is 32.3 Å². The monoisotopic (exact) mass is 565 g/mol. The highest BCUT2D eigenvalue weighted by atomic mass is 35.5. The van der Waals surface area contributed by atoms with Crippen molar-refractivity contribution in [2.45, 2.75) is 39.5 Å². The van der Waals surface area contributed by atoms with Crippen molar-refractivity contribution < 1.29 is 19.1 Å². The Labute approximate surface area is 237 Å². The van der Waals surface area contributed by atoms with Gasteiger partial charge in [-0.25, -0.2) is 4.79 Å². The van der Waals surface area contributed by atoms with Crippen molar-refractivity contribution in [3.63, 3.8) is 0 Å². The Morgan fingerprint density at radius 3 is 2.44 bits per heavy atom. The fourth-order valence-electron chi connectivity index (χ4n) is 4.11. The molecule has 1 atom stereocenters. The molecule has 9 heteroatoms. The number of nitrogens with one attached hydrogen (secondary N) is 3. The molecule has 0 saturated carbocycles. The summed E-state index contributed by atoms with van der Waals surface area (Å²) in [5.41, 5.74) is 4.11. The van der Waals surface area contributed by atoms with Crippen LogP contribution in [0.4, 0.5) is 11.4 Å². The molecule has 3 aromatic carbocycles. The third kappa shape index (κ3) is 7.62. The lowest BCUT2D eigenvalue weighted by Gasteiger charge is -2.28. The van der Waals surface area contributed by atoms with Gasteiger partial charge in [0.2, 0.25) is 11.8 Å². The minimum atomic E-state index is -0.727. The SMILES string of the molecule is CC(C)C(=O)NCc1ccc(NC(=O)C=C2CC(C(=O)OCc3ccccc3)Nc3cc(Cl)cc(Cl)c32)cc1. The number of anilines is 2. The molecule has 0 fully saturated rings. The molecular formula is C30H29Cl2N3O4. The molecule has 7 nitrogen and oxygen atoms in total. The van der Waals surface area contributed by atoms with E-state index >= 15 is 0 Å². The van der Waals surface area contributed by atoms with Gasteiger partial charge in [-0.15, -0.1) is 0 Å². The molecule has 1 aliphatic rings. The quantitative estimate of drug-likeness (QED) is 0.222. The molecule has 202 valence electrons. The summed E-state index contributed by atoms with van der Waals surface area (Å²) in [6.45, 7) is 4.21. The Balaban J connectivity index is 1.47. The van der Waals surface area contributed by atoms with Gasteiger partial charge in [0, 0.05) is 46.9 Å². The molecule has 3 N–H and O–H groups in total. The standard InChI is InChI=1S/C30H29Cl2N3O4/c1-18(2)29(37)33-16-19-8-10-23(11-9-19)34-27(36)13-21-12-26(30(38)39-17-20-6-4-3-5-7-20)35-25-15-22(31)14-24(32)28(21)25/h3-11,13-15,18,26,35H,12,16-17H2,1-2H3,(H,33,37)(H,34,36). The van der Waals surface area contributed by atoms with Crippen molar-refractivity contribution in [1.82, 2.24) is 5.32 Å². The van der Waals surface area contributed by atoms with Crippen LogP contribution < -0.4 is 16.0 Å². The molecule has 0 spiro atoms. The number of halogens is 2. The number of hydrogen-bond acceptors (Lipinski definition) is 5. The number of amides is 2. The zero-order valence-electron chi connectivity index (χ0n) is 21.6. The summed E-state index contributed by atoms with van der Waals surface area (Å²) in [5, 5.41) is 9.63. The smallest absolute Gasteiger partial charge is 0.329 e. The fraction of sp³-hybridized carbons (Fsp3) is 0.233. The molecule has 39 heavy (non-hydrogen) atoms. The second-order valence-corrected chi connectivity index (χ2v) is 10.4. The number of carbonyl (C=O) groups excluding carboxylic acids is 3. The molecule has 1 heterocycles. The maximum atomic E-state index is 13.0. The minimum Gasteiger partial charge on any atom is -0.459 e. The Bertz CT molecular complexity index is 1390. The van der Waals surface area contributed by atoms with Crippen molar-refractivity contribution in [3.8, 4) is 0 Å². The van der Waals surface area contributed by atoms with Gasteiger partial charge in [-0.1, -0.05) is 79.5 Å². The first-order valence-electron chi connectivity index (χ1n) is 12.5. The number of fused-ring (bicyclic) bond motifs is 1. The molecule has 4 rings (SSSR count). The summed E-state index contributed by atoms with van der Waals surface area (Å²) in [5.74, 6) is -0.941. The second-order valence-electron chi connectivity index (χ2n) is 9.53. The average Bonchev–Trinajstić information content (AvgIpc) is 2.91. The van der Waals surface area contributed by atoms with E-state index in [-0.39, 0.29) is 30.8 Å². The predicted octanol–water partition coefficient (Wildman–Crippen LogP) is 6.22. The van der Waals surface area contributed by atoms with E-state index in [4.69, 9.17) is 27.9 Å². The van der Waals surface area contributed by atoms with Gasteiger partial charge in [0.25, 0.3) is 0 Å². The molecule has 3 aromatic rings. The van der Waals surface area contributed by atoms with Gasteiger partial charge in [-0.2, -0.15) is 0 Å². The molecule has 0 bridgehead atoms. The van der Waals surface area contributed by atoms with Crippen LogP contribution in [0, 0.1) is 5.92 Å². The zero-order valence-corrected chi connectivity index (χ0v) is 23.1. The van der Waals surface area contributed by atoms with E-state index in [1.807, 2.05) is 56.3 Å². The number of esters is 1. The van der Waals surface area contributed by atoms with Crippen molar-refractivity contribution in [1.29, 1.82) is 0 Å². The van der Waals surface area contributed by atoms with Crippen LogP contribution in [0.15, 0.2) is 72.8 Å². The Morgan fingerprint density at radius 1 is 1.03 bits per heavy atom. The molecule has 1 unspecified atom stereocenters. The summed E-state index contributed by atoms with van der Waals surface area (Å²) >= 11 is 12.7. The van der Waals surface area contributed by atoms with E-state index in [0.29, 0.717) is 39.1 Å². The van der Waals surface area contributed by atoms with Crippen molar-refractivity contribution in [3.05, 3.63) is 99.5 Å². The molecule has 0 saturated heterocycles. The first-order chi connectivity index (χ1) is 18.7. The van der Waals surface area contributed by atoms with E-state index in [1.54, 1.807) is 24.3 Å². The molecule has 0 aromatic heterocycles. The normalized spacial score (nSPS) is 15.3. The van der Waals surface area contributed by atoms with Gasteiger partial charge in [-0.05, 0) is 41.0 Å². The molecule has 1 aliphatic heterocycles. The van der Waals surface area contributed by atoms with Gasteiger partial charge in [0.1, 0.15) is 12.6 Å². The second kappa shape index (κ2) is 12.8. The highest BCUT2D eigenvalue weighted by Gasteiger charge is 2.30. The lowest BCUT2D eigenvalue weighted by atomic mass is 9.91. The van der Waals surface area contributed by atoms with Crippen LogP contribution in [0.3, 0.4) is 0 Å². The van der Waals surface area contributed by atoms with Gasteiger partial charge in [0.15, 0.2) is 0 Å². The zero-order chi connectivity index (χ0) is 27.9. The van der Waals surface area contributed by atoms with E-state index < -0.39 is 12.0 Å². The Hall–Kier alpha value is -3.81. The van der Waals surface area contributed by atoms with E-state index in [1.165, 1.54) is 6.08 Å². The van der Waals surface area contributed by atoms with E-state index in [9.17, 15) is 14.4 Å². The maximum Gasteiger partial charge on any atom is 0.329 e. The summed E-state index contributed by atoms with van der Waals surface area (Å²) in [6.07, 6.45) is 1.64. The van der Waals surface area contributed by atoms with Crippen LogP contribution in [0.5, 0.6) is 0 Å². The van der Waals surface area contributed by atoms with Crippen molar-refractivity contribution in [2.75, 3.05) is 10.6 Å². The van der Waals surface area contributed by atoms with Gasteiger partial charge in [0.05, 0.1) is 5.02 Å². The number of carbonyl (C=O) groups is 3. The maximum absolute atomic E-state index is 13.0. The van der Waals surface area contributed by atoms with Crippen LogP contribution in [0.1, 0.15) is 37.0 Å². The van der Waals surface area contributed by atoms with Gasteiger partial charge in [-0.3, -0.25) is 9.59 Å². The lowest BCUT2D eigenvalue weighted by Crippen LogP contribution is -2.35. The Morgan fingerprint density at radius 2 is 1.74 bits per heavy atom. The highest BCUT2D eigenvalue weighted by Crippen LogP contribution is 2.40. The molecule has 0 radical (unpaired) electrons. The van der Waals surface area contributed by atoms with Crippen LogP contribution in [0.2, 0.25) is 10.0 Å². The summed E-state index contributed by atoms with van der Waals surface area (Å²) in [7, 11) is 0. The number of hydrogen-bond donors (Lipinski definition) is 3. The van der Waals surface area contributed by atoms with Crippen LogP contribution in [-0.4, -0.2) is 23.8 Å². The highest BCUT2D eigenvalue weighted by molar-refractivity contribution is 6.36. The van der Waals surface area contributed by atoms with Crippen LogP contribution >= 0.6 is 23.2 Å². The molecule has 2 amide bonds. The largest absolute Gasteiger partial charge is 0.459 e. The first kappa shape index (κ1) is 28.2. The molecule has 0 aliphatic carbocycles. The van der Waals surface area contributed by atoms with E-state index in [0.717, 1.165) is 11.1 Å². The summed E-state index contributed by atoms with van der Waals surface area (Å²) in [4.78, 5) is 37.7. The van der Waals surface area contributed by atoms with E-state index in [2.05, 4.69) is 16.0 Å². The lowest BCUT2D eigenvalue weighted by molar-refractivity contribution is -0.145. The third-order valence-electron chi connectivity index (χ3n) is 6.16. The van der Waals surface area contributed by atoms with Gasteiger partial charge < -0.3 is 20.7 Å². The first-order valence-corrected chi connectivity index (χ1v) is 13.3. The third-order valence-corrected chi connectivity index (χ3v) is 6.67. The number of benzene rings is 3.